The molecule has 0 aliphatic rings. The van der Waals surface area contributed by atoms with E-state index in [9.17, 15) is 18.7 Å². The van der Waals surface area contributed by atoms with E-state index in [1.165, 1.54) is 17.4 Å². The van der Waals surface area contributed by atoms with E-state index < -0.39 is 29.3 Å². The molecule has 5 nitrogen and oxygen atoms in total. The van der Waals surface area contributed by atoms with Gasteiger partial charge in [-0.2, -0.15) is 0 Å². The normalized spacial score (nSPS) is 12.0. The number of benzene rings is 1. The summed E-state index contributed by atoms with van der Waals surface area (Å²) in [5.41, 5.74) is 0.388. The lowest BCUT2D eigenvalue weighted by Gasteiger charge is -2.13. The number of nitrogens with one attached hydrogen (secondary N) is 2. The summed E-state index contributed by atoms with van der Waals surface area (Å²) in [6.45, 7) is 1.62. The Morgan fingerprint density at radius 1 is 1.41 bits per heavy atom. The van der Waals surface area contributed by atoms with E-state index in [-0.39, 0.29) is 6.54 Å². The van der Waals surface area contributed by atoms with Gasteiger partial charge in [-0.15, -0.1) is 11.3 Å². The fourth-order valence-electron chi connectivity index (χ4n) is 1.79. The summed E-state index contributed by atoms with van der Waals surface area (Å²) in [5.74, 6) is -1.72. The van der Waals surface area contributed by atoms with Crippen LogP contribution >= 0.6 is 11.3 Å². The number of amides is 2. The molecule has 1 heterocycles. The average molecular weight is 327 g/mol. The van der Waals surface area contributed by atoms with Gasteiger partial charge in [0.25, 0.3) is 0 Å². The number of aromatic nitrogens is 1. The molecule has 0 aliphatic carbocycles. The van der Waals surface area contributed by atoms with Crippen molar-refractivity contribution in [3.8, 4) is 0 Å². The highest BCUT2D eigenvalue weighted by molar-refractivity contribution is 7.13. The van der Waals surface area contributed by atoms with Gasteiger partial charge in [0.2, 0.25) is 0 Å². The fourth-order valence-corrected chi connectivity index (χ4v) is 2.58. The van der Waals surface area contributed by atoms with Crippen molar-refractivity contribution >= 4 is 22.5 Å². The fraction of sp³-hybridized carbons (Fsp3) is 0.286. The second kappa shape index (κ2) is 7.28. The van der Waals surface area contributed by atoms with Crippen LogP contribution in [0.25, 0.3) is 0 Å². The first-order valence-electron chi connectivity index (χ1n) is 6.62. The Kier molecular flexibility index (Phi) is 5.40. The van der Waals surface area contributed by atoms with E-state index in [4.69, 9.17) is 0 Å². The second-order valence-electron chi connectivity index (χ2n) is 4.48. The first kappa shape index (κ1) is 16.3. The smallest absolute Gasteiger partial charge is 0.321 e. The minimum Gasteiger partial charge on any atom is -0.386 e. The Bertz CT molecular complexity index is 643. The molecule has 8 heteroatoms. The lowest BCUT2D eigenvalue weighted by molar-refractivity contribution is 0.166. The number of aliphatic hydroxyl groups is 1. The van der Waals surface area contributed by atoms with Gasteiger partial charge in [0.1, 0.15) is 17.7 Å². The van der Waals surface area contributed by atoms with Gasteiger partial charge in [-0.3, -0.25) is 5.32 Å². The van der Waals surface area contributed by atoms with Crippen LogP contribution in [0.2, 0.25) is 0 Å². The van der Waals surface area contributed by atoms with Gasteiger partial charge in [-0.1, -0.05) is 13.0 Å². The van der Waals surface area contributed by atoms with Crippen molar-refractivity contribution in [3.05, 3.63) is 46.5 Å². The number of nitrogens with zero attached hydrogens (tertiary/aromatic N) is 1. The molecule has 0 saturated carbocycles. The molecular weight excluding hydrogens is 312 g/mol. The molecule has 1 unspecified atom stereocenters. The largest absolute Gasteiger partial charge is 0.386 e. The van der Waals surface area contributed by atoms with Crippen LogP contribution in [0.15, 0.2) is 23.6 Å². The molecule has 1 atom stereocenters. The van der Waals surface area contributed by atoms with Gasteiger partial charge in [-0.25, -0.2) is 18.6 Å². The molecule has 118 valence electrons. The number of carbonyl (C=O) groups excluding carboxylic acids is 1. The second-order valence-corrected chi connectivity index (χ2v) is 5.34. The van der Waals surface area contributed by atoms with E-state index in [0.717, 1.165) is 24.2 Å². The van der Waals surface area contributed by atoms with Crippen molar-refractivity contribution in [1.82, 2.24) is 10.3 Å². The molecule has 0 radical (unpaired) electrons. The predicted molar refractivity (Wildman–Crippen MR) is 79.8 cm³/mol. The summed E-state index contributed by atoms with van der Waals surface area (Å²) in [4.78, 5) is 15.8. The Balaban J connectivity index is 1.90. The van der Waals surface area contributed by atoms with Crippen molar-refractivity contribution in [2.24, 2.45) is 0 Å². The number of rotatable bonds is 5. The third-order valence-electron chi connectivity index (χ3n) is 2.92. The van der Waals surface area contributed by atoms with Gasteiger partial charge in [0.05, 0.1) is 11.3 Å². The van der Waals surface area contributed by atoms with E-state index in [2.05, 4.69) is 15.6 Å². The highest BCUT2D eigenvalue weighted by Crippen LogP contribution is 2.20. The number of carbonyl (C=O) groups is 1. The summed E-state index contributed by atoms with van der Waals surface area (Å²) >= 11 is 1.27. The Morgan fingerprint density at radius 2 is 2.09 bits per heavy atom. The van der Waals surface area contributed by atoms with Crippen molar-refractivity contribution in [1.29, 1.82) is 0 Å². The SMILES string of the molecule is CCc1csc(NC(=O)NCC(O)c2c(F)cccc2F)n1. The average Bonchev–Trinajstić information content (AvgIpc) is 2.92. The molecule has 0 fully saturated rings. The molecule has 2 rings (SSSR count). The Morgan fingerprint density at radius 3 is 2.68 bits per heavy atom. The molecule has 1 aromatic heterocycles. The van der Waals surface area contributed by atoms with E-state index in [1.54, 1.807) is 0 Å². The predicted octanol–water partition coefficient (Wildman–Crippen LogP) is 2.84. The summed E-state index contributed by atoms with van der Waals surface area (Å²) in [6, 6.07) is 2.69. The zero-order chi connectivity index (χ0) is 16.1. The third kappa shape index (κ3) is 3.99. The Labute approximate surface area is 130 Å². The van der Waals surface area contributed by atoms with Crippen LogP contribution in [0.5, 0.6) is 0 Å². The monoisotopic (exact) mass is 327 g/mol. The number of halogens is 2. The van der Waals surface area contributed by atoms with E-state index in [1.807, 2.05) is 12.3 Å². The van der Waals surface area contributed by atoms with Crippen LogP contribution in [0.3, 0.4) is 0 Å². The quantitative estimate of drug-likeness (QED) is 0.790. The first-order chi connectivity index (χ1) is 10.5. The van der Waals surface area contributed by atoms with Crippen molar-refractivity contribution in [3.63, 3.8) is 0 Å². The molecule has 0 aliphatic heterocycles. The summed E-state index contributed by atoms with van der Waals surface area (Å²) in [5, 5.41) is 16.9. The number of thiazole rings is 1. The third-order valence-corrected chi connectivity index (χ3v) is 3.73. The maximum atomic E-state index is 13.5. The molecule has 0 saturated heterocycles. The number of aliphatic hydroxyl groups excluding tert-OH is 1. The summed E-state index contributed by atoms with van der Waals surface area (Å²) in [6.07, 6.45) is -0.722. The van der Waals surface area contributed by atoms with Gasteiger partial charge in [-0.05, 0) is 18.6 Å². The summed E-state index contributed by atoms with van der Waals surface area (Å²) in [7, 11) is 0. The molecule has 2 aromatic rings. The molecular formula is C14H15F2N3O2S. The van der Waals surface area contributed by atoms with Crippen LogP contribution in [-0.2, 0) is 6.42 Å². The maximum Gasteiger partial charge on any atom is 0.321 e. The molecule has 0 bridgehead atoms. The zero-order valence-electron chi connectivity index (χ0n) is 11.8. The zero-order valence-corrected chi connectivity index (χ0v) is 12.6. The number of hydrogen-bond donors (Lipinski definition) is 3. The molecule has 0 spiro atoms. The molecule has 3 N–H and O–H groups in total. The van der Waals surface area contributed by atoms with E-state index >= 15 is 0 Å². The van der Waals surface area contributed by atoms with Gasteiger partial charge < -0.3 is 10.4 Å². The van der Waals surface area contributed by atoms with Crippen LogP contribution in [0.4, 0.5) is 18.7 Å². The standard InChI is InChI=1S/C14H15F2N3O2S/c1-2-8-7-22-14(18-8)19-13(21)17-6-11(20)12-9(15)4-3-5-10(12)16/h3-5,7,11,20H,2,6H2,1H3,(H2,17,18,19,21). The van der Waals surface area contributed by atoms with Crippen LogP contribution < -0.4 is 10.6 Å². The Hall–Kier alpha value is -2.06. The highest BCUT2D eigenvalue weighted by atomic mass is 32.1. The highest BCUT2D eigenvalue weighted by Gasteiger charge is 2.18. The van der Waals surface area contributed by atoms with Crippen LogP contribution in [-0.4, -0.2) is 22.7 Å². The van der Waals surface area contributed by atoms with Crippen molar-refractivity contribution in [2.75, 3.05) is 11.9 Å². The van der Waals surface area contributed by atoms with E-state index in [0.29, 0.717) is 5.13 Å². The lowest BCUT2D eigenvalue weighted by atomic mass is 10.1. The number of aryl methyl sites for hydroxylation is 1. The number of hydrogen-bond acceptors (Lipinski definition) is 4. The topological polar surface area (TPSA) is 74.2 Å². The minimum absolute atomic E-state index is 0.324. The van der Waals surface area contributed by atoms with Crippen LogP contribution in [0, 0.1) is 11.6 Å². The molecule has 22 heavy (non-hydrogen) atoms. The summed E-state index contributed by atoms with van der Waals surface area (Å²) < 4.78 is 27.0. The number of urea groups is 1. The van der Waals surface area contributed by atoms with Crippen LogP contribution in [0.1, 0.15) is 24.3 Å². The maximum absolute atomic E-state index is 13.5. The van der Waals surface area contributed by atoms with Gasteiger partial charge in [0.15, 0.2) is 5.13 Å². The van der Waals surface area contributed by atoms with Gasteiger partial charge >= 0.3 is 6.03 Å². The van der Waals surface area contributed by atoms with Crippen molar-refractivity contribution in [2.45, 2.75) is 19.4 Å². The van der Waals surface area contributed by atoms with Gasteiger partial charge in [0, 0.05) is 11.9 Å². The number of anilines is 1. The first-order valence-corrected chi connectivity index (χ1v) is 7.50. The molecule has 2 amide bonds. The lowest BCUT2D eigenvalue weighted by Crippen LogP contribution is -2.32. The van der Waals surface area contributed by atoms with Crippen molar-refractivity contribution < 1.29 is 18.7 Å². The molecule has 1 aromatic carbocycles. The minimum atomic E-state index is -1.48.